The third-order valence-corrected chi connectivity index (χ3v) is 6.06. The van der Waals surface area contributed by atoms with Crippen molar-refractivity contribution < 1.29 is 22.7 Å². The Bertz CT molecular complexity index is 1320. The Hall–Kier alpha value is -3.18. The molecule has 4 rings (SSSR count). The van der Waals surface area contributed by atoms with E-state index < -0.39 is 23.6 Å². The minimum absolute atomic E-state index is 0.110. The summed E-state index contributed by atoms with van der Waals surface area (Å²) >= 11 is 6.90. The lowest BCUT2D eigenvalue weighted by atomic mass is 9.96. The van der Waals surface area contributed by atoms with Gasteiger partial charge in [0.2, 0.25) is 5.16 Å². The molecule has 0 N–H and O–H groups in total. The molecular formula is C22H17ClF3N5O2S. The van der Waals surface area contributed by atoms with E-state index in [9.17, 15) is 18.0 Å². The normalized spacial score (nSPS) is 12.6. The highest BCUT2D eigenvalue weighted by Gasteiger charge is 2.32. The highest BCUT2D eigenvalue weighted by Crippen LogP contribution is 2.35. The molecule has 0 radical (unpaired) electrons. The molecule has 0 spiro atoms. The Kier molecular flexibility index (Phi) is 7.03. The predicted molar refractivity (Wildman–Crippen MR) is 119 cm³/mol. The fraction of sp³-hybridized carbons (Fsp3) is 0.227. The highest BCUT2D eigenvalue weighted by atomic mass is 35.5. The van der Waals surface area contributed by atoms with Crippen molar-refractivity contribution in [3.63, 3.8) is 0 Å². The number of halogens is 4. The van der Waals surface area contributed by atoms with Crippen molar-refractivity contribution in [3.8, 4) is 0 Å². The SMILES string of the molecule is CCOC(=O)C(Cc1ccccc1)c1ccnc2nc(Sc3ncc(C(F)(F)F)cc3Cl)nn12. The van der Waals surface area contributed by atoms with Gasteiger partial charge in [-0.15, -0.1) is 5.10 Å². The monoisotopic (exact) mass is 507 g/mol. The molecule has 0 bridgehead atoms. The van der Waals surface area contributed by atoms with Gasteiger partial charge in [0.1, 0.15) is 10.9 Å². The number of carbonyl (C=O) groups excluding carboxylic acids is 1. The van der Waals surface area contributed by atoms with Crippen LogP contribution >= 0.6 is 23.4 Å². The first-order chi connectivity index (χ1) is 16.3. The van der Waals surface area contributed by atoms with Gasteiger partial charge in [-0.3, -0.25) is 4.79 Å². The van der Waals surface area contributed by atoms with E-state index in [1.807, 2.05) is 30.3 Å². The van der Waals surface area contributed by atoms with Crippen molar-refractivity contribution in [2.75, 3.05) is 6.61 Å². The van der Waals surface area contributed by atoms with Gasteiger partial charge in [0, 0.05) is 12.4 Å². The minimum Gasteiger partial charge on any atom is -0.465 e. The molecule has 0 amide bonds. The van der Waals surface area contributed by atoms with E-state index >= 15 is 0 Å². The Morgan fingerprint density at radius 1 is 1.21 bits per heavy atom. The number of nitrogens with zero attached hydrogens (tertiary/aromatic N) is 5. The zero-order valence-electron chi connectivity index (χ0n) is 17.7. The standard InChI is InChI=1S/C22H17ClF3N5O2S/c1-2-33-19(32)15(10-13-6-4-3-5-7-13)17-8-9-27-20-29-21(30-31(17)20)34-18-16(23)11-14(12-28-18)22(24,25)26/h3-9,11-12,15H,2,10H2,1H3. The third kappa shape index (κ3) is 5.31. The van der Waals surface area contributed by atoms with Crippen LogP contribution in [0.1, 0.15) is 29.7 Å². The van der Waals surface area contributed by atoms with E-state index in [2.05, 4.69) is 20.1 Å². The Labute approximate surface area is 201 Å². The van der Waals surface area contributed by atoms with Crippen LogP contribution in [0.5, 0.6) is 0 Å². The largest absolute Gasteiger partial charge is 0.465 e. The van der Waals surface area contributed by atoms with Gasteiger partial charge < -0.3 is 4.74 Å². The molecule has 176 valence electrons. The van der Waals surface area contributed by atoms with E-state index in [1.165, 1.54) is 10.7 Å². The third-order valence-electron chi connectivity index (χ3n) is 4.78. The van der Waals surface area contributed by atoms with Crippen LogP contribution in [-0.4, -0.2) is 37.1 Å². The van der Waals surface area contributed by atoms with Crippen LogP contribution in [0.15, 0.2) is 65.0 Å². The van der Waals surface area contributed by atoms with E-state index in [0.29, 0.717) is 18.3 Å². The number of pyridine rings is 1. The number of hydrogen-bond acceptors (Lipinski definition) is 7. The summed E-state index contributed by atoms with van der Waals surface area (Å²) in [4.78, 5) is 25.1. The zero-order chi connectivity index (χ0) is 24.3. The molecule has 0 aliphatic heterocycles. The van der Waals surface area contributed by atoms with Gasteiger partial charge in [-0.25, -0.2) is 9.97 Å². The minimum atomic E-state index is -4.55. The van der Waals surface area contributed by atoms with Crippen LogP contribution in [0, 0.1) is 0 Å². The van der Waals surface area contributed by atoms with Gasteiger partial charge in [0.25, 0.3) is 5.78 Å². The van der Waals surface area contributed by atoms with Gasteiger partial charge >= 0.3 is 12.1 Å². The van der Waals surface area contributed by atoms with Crippen molar-refractivity contribution in [2.24, 2.45) is 0 Å². The van der Waals surface area contributed by atoms with Crippen LogP contribution in [0.25, 0.3) is 5.78 Å². The van der Waals surface area contributed by atoms with E-state index in [-0.39, 0.29) is 27.6 Å². The first-order valence-electron chi connectivity index (χ1n) is 10.1. The maximum atomic E-state index is 12.9. The van der Waals surface area contributed by atoms with Crippen molar-refractivity contribution in [2.45, 2.75) is 35.6 Å². The summed E-state index contributed by atoms with van der Waals surface area (Å²) < 4.78 is 45.4. The summed E-state index contributed by atoms with van der Waals surface area (Å²) in [6.45, 7) is 1.94. The molecule has 1 atom stereocenters. The highest BCUT2D eigenvalue weighted by molar-refractivity contribution is 7.99. The molecule has 4 aromatic rings. The molecule has 0 fully saturated rings. The van der Waals surface area contributed by atoms with Crippen molar-refractivity contribution in [1.29, 1.82) is 0 Å². The molecule has 12 heteroatoms. The molecule has 0 aliphatic carbocycles. The summed E-state index contributed by atoms with van der Waals surface area (Å²) in [7, 11) is 0. The number of alkyl halides is 3. The molecule has 3 heterocycles. The van der Waals surface area contributed by atoms with Crippen LogP contribution < -0.4 is 0 Å². The summed E-state index contributed by atoms with van der Waals surface area (Å²) in [6.07, 6.45) is -1.98. The molecule has 0 aliphatic rings. The van der Waals surface area contributed by atoms with Gasteiger partial charge in [-0.2, -0.15) is 22.7 Å². The van der Waals surface area contributed by atoms with Crippen molar-refractivity contribution in [3.05, 3.63) is 76.7 Å². The van der Waals surface area contributed by atoms with Gasteiger partial charge in [0.05, 0.1) is 22.9 Å². The fourth-order valence-corrected chi connectivity index (χ4v) is 4.21. The lowest BCUT2D eigenvalue weighted by molar-refractivity contribution is -0.145. The number of hydrogen-bond donors (Lipinski definition) is 0. The van der Waals surface area contributed by atoms with E-state index in [4.69, 9.17) is 16.3 Å². The summed E-state index contributed by atoms with van der Waals surface area (Å²) in [5, 5.41) is 4.50. The Morgan fingerprint density at radius 3 is 2.65 bits per heavy atom. The number of esters is 1. The van der Waals surface area contributed by atoms with E-state index in [0.717, 1.165) is 23.4 Å². The molecular weight excluding hydrogens is 491 g/mol. The second kappa shape index (κ2) is 9.98. The maximum Gasteiger partial charge on any atom is 0.417 e. The van der Waals surface area contributed by atoms with Gasteiger partial charge in [0.15, 0.2) is 0 Å². The second-order valence-electron chi connectivity index (χ2n) is 7.08. The number of rotatable bonds is 7. The van der Waals surface area contributed by atoms with Crippen LogP contribution in [0.2, 0.25) is 5.02 Å². The number of fused-ring (bicyclic) bond motifs is 1. The summed E-state index contributed by atoms with van der Waals surface area (Å²) in [5.41, 5.74) is 0.492. The van der Waals surface area contributed by atoms with Crippen molar-refractivity contribution >= 4 is 35.1 Å². The topological polar surface area (TPSA) is 82.3 Å². The molecule has 3 aromatic heterocycles. The lowest BCUT2D eigenvalue weighted by Crippen LogP contribution is -2.21. The first kappa shape index (κ1) is 24.0. The van der Waals surface area contributed by atoms with Crippen molar-refractivity contribution in [1.82, 2.24) is 24.6 Å². The fourth-order valence-electron chi connectivity index (χ4n) is 3.24. The summed E-state index contributed by atoms with van der Waals surface area (Å²) in [5.74, 6) is -0.887. The number of benzene rings is 1. The number of aromatic nitrogens is 5. The number of ether oxygens (including phenoxy) is 1. The van der Waals surface area contributed by atoms with Crippen LogP contribution in [0.3, 0.4) is 0 Å². The molecule has 0 saturated carbocycles. The average molecular weight is 508 g/mol. The Balaban J connectivity index is 1.68. The molecule has 34 heavy (non-hydrogen) atoms. The molecule has 0 saturated heterocycles. The zero-order valence-corrected chi connectivity index (χ0v) is 19.2. The number of carbonyl (C=O) groups is 1. The van der Waals surface area contributed by atoms with Gasteiger partial charge in [-0.1, -0.05) is 41.9 Å². The maximum absolute atomic E-state index is 12.9. The molecule has 7 nitrogen and oxygen atoms in total. The predicted octanol–water partition coefficient (Wildman–Crippen LogP) is 5.23. The average Bonchev–Trinajstić information content (AvgIpc) is 3.22. The molecule has 1 aromatic carbocycles. The second-order valence-corrected chi connectivity index (χ2v) is 8.44. The van der Waals surface area contributed by atoms with Gasteiger partial charge in [-0.05, 0) is 42.8 Å². The Morgan fingerprint density at radius 2 is 1.97 bits per heavy atom. The summed E-state index contributed by atoms with van der Waals surface area (Å²) in [6, 6.07) is 11.9. The first-order valence-corrected chi connectivity index (χ1v) is 11.3. The smallest absolute Gasteiger partial charge is 0.417 e. The van der Waals surface area contributed by atoms with Crippen LogP contribution in [-0.2, 0) is 22.1 Å². The molecule has 1 unspecified atom stereocenters. The van der Waals surface area contributed by atoms with E-state index in [1.54, 1.807) is 13.0 Å². The quantitative estimate of drug-likeness (QED) is 0.317. The van der Waals surface area contributed by atoms with Crippen LogP contribution in [0.4, 0.5) is 13.2 Å². The lowest BCUT2D eigenvalue weighted by Gasteiger charge is -2.16.